The van der Waals surface area contributed by atoms with Crippen LogP contribution in [0, 0.1) is 5.82 Å². The molecular weight excluding hydrogens is 558 g/mol. The molecule has 1 spiro atoms. The van der Waals surface area contributed by atoms with E-state index in [1.807, 2.05) is 0 Å². The number of ether oxygens (including phenoxy) is 1. The summed E-state index contributed by atoms with van der Waals surface area (Å²) >= 11 is 0. The van der Waals surface area contributed by atoms with Gasteiger partial charge in [0.2, 0.25) is 17.4 Å². The average Bonchev–Trinajstić information content (AvgIpc) is 3.40. The predicted molar refractivity (Wildman–Crippen MR) is 141 cm³/mol. The predicted octanol–water partition coefficient (Wildman–Crippen LogP) is 4.91. The molecule has 0 saturated carbocycles. The van der Waals surface area contributed by atoms with E-state index in [1.54, 1.807) is 36.4 Å². The molecule has 1 aliphatic carbocycles. The molecule has 42 heavy (non-hydrogen) atoms. The molecule has 0 bridgehead atoms. The van der Waals surface area contributed by atoms with Gasteiger partial charge in [-0.1, -0.05) is 42.5 Å². The molecule has 12 heteroatoms. The van der Waals surface area contributed by atoms with E-state index >= 15 is 0 Å². The number of rotatable bonds is 7. The van der Waals surface area contributed by atoms with Crippen molar-refractivity contribution in [2.24, 2.45) is 5.73 Å². The molecule has 4 amide bonds. The Morgan fingerprint density at radius 2 is 1.76 bits per heavy atom. The van der Waals surface area contributed by atoms with E-state index in [1.165, 1.54) is 18.2 Å². The lowest BCUT2D eigenvalue weighted by Crippen LogP contribution is -2.46. The Kier molecular flexibility index (Phi) is 7.25. The van der Waals surface area contributed by atoms with Crippen molar-refractivity contribution in [1.82, 2.24) is 10.2 Å². The first kappa shape index (κ1) is 28.8. The van der Waals surface area contributed by atoms with Gasteiger partial charge in [-0.25, -0.2) is 9.18 Å². The number of halogens is 4. The van der Waals surface area contributed by atoms with Crippen molar-refractivity contribution in [3.8, 4) is 11.1 Å². The van der Waals surface area contributed by atoms with Crippen LogP contribution in [0.15, 0.2) is 66.7 Å². The van der Waals surface area contributed by atoms with E-state index in [-0.39, 0.29) is 12.0 Å². The molecule has 3 aromatic carbocycles. The highest BCUT2D eigenvalue weighted by molar-refractivity contribution is 6.04. The summed E-state index contributed by atoms with van der Waals surface area (Å²) in [6, 6.07) is 13.9. The Morgan fingerprint density at radius 3 is 2.38 bits per heavy atom. The van der Waals surface area contributed by atoms with Gasteiger partial charge in [0.15, 0.2) is 0 Å². The molecule has 1 fully saturated rings. The second kappa shape index (κ2) is 10.6. The minimum atomic E-state index is -4.75. The lowest BCUT2D eigenvalue weighted by molar-refractivity contribution is -0.187. The van der Waals surface area contributed by atoms with Crippen LogP contribution in [0.4, 0.5) is 22.4 Å². The van der Waals surface area contributed by atoms with Crippen LogP contribution in [-0.4, -0.2) is 40.9 Å². The third-order valence-electron chi connectivity index (χ3n) is 7.74. The average molecular weight is 584 g/mol. The van der Waals surface area contributed by atoms with Gasteiger partial charge in [0, 0.05) is 30.5 Å². The van der Waals surface area contributed by atoms with Gasteiger partial charge in [-0.05, 0) is 59.4 Å². The lowest BCUT2D eigenvalue weighted by Gasteiger charge is -2.32. The maximum absolute atomic E-state index is 13.8. The number of nitrogens with zero attached hydrogens (tertiary/aromatic N) is 1. The Labute approximate surface area is 237 Å². The molecule has 218 valence electrons. The van der Waals surface area contributed by atoms with Crippen LogP contribution in [-0.2, 0) is 26.5 Å². The van der Waals surface area contributed by atoms with Gasteiger partial charge in [-0.15, -0.1) is 0 Å². The molecule has 1 aliphatic heterocycles. The third-order valence-corrected chi connectivity index (χ3v) is 7.74. The number of fused-ring (bicyclic) bond motifs is 2. The van der Waals surface area contributed by atoms with E-state index < -0.39 is 66.3 Å². The van der Waals surface area contributed by atoms with Crippen LogP contribution >= 0.6 is 0 Å². The molecule has 3 atom stereocenters. The van der Waals surface area contributed by atoms with Crippen molar-refractivity contribution in [1.29, 1.82) is 0 Å². The number of benzene rings is 3. The van der Waals surface area contributed by atoms with Crippen molar-refractivity contribution >= 4 is 23.8 Å². The molecule has 0 radical (unpaired) electrons. The lowest BCUT2D eigenvalue weighted by atomic mass is 9.92. The number of alkyl carbamates (subject to hydrolysis) is 1. The van der Waals surface area contributed by atoms with Gasteiger partial charge in [0.25, 0.3) is 5.91 Å². The van der Waals surface area contributed by atoms with E-state index in [0.717, 1.165) is 19.1 Å². The zero-order valence-corrected chi connectivity index (χ0v) is 22.2. The van der Waals surface area contributed by atoms with Crippen molar-refractivity contribution in [3.05, 3.63) is 94.8 Å². The SMILES string of the molecule is C[C@H](N(Cc1ccc(F)cc1)C(=O)CC1C[C@@]2(OC(=O)NC2=O)c2ccc(-c3cccc(C(N)=O)c3)cc21)C(F)(F)F. The molecule has 5 rings (SSSR count). The first-order chi connectivity index (χ1) is 19.8. The standard InChI is InChI=1S/C30H25F4N3O5/c1-16(30(32,33)34)37(15-17-5-8-22(31)9-6-17)25(38)13-21-14-29(27(40)36-28(41)42-29)24-10-7-19(12-23(21)24)18-3-2-4-20(11-18)26(35)39/h2-12,16,21H,13-15H2,1H3,(H2,35,39)(H,36,40,41)/t16-,21?,29+/m0/s1. The fourth-order valence-electron chi connectivity index (χ4n) is 5.52. The molecule has 3 N–H and O–H groups in total. The second-order valence-corrected chi connectivity index (χ2v) is 10.4. The molecule has 1 saturated heterocycles. The number of carbonyl (C=O) groups is 4. The summed E-state index contributed by atoms with van der Waals surface area (Å²) in [5.74, 6) is -3.62. The Hall–Kier alpha value is -4.74. The number of hydrogen-bond acceptors (Lipinski definition) is 5. The van der Waals surface area contributed by atoms with Crippen LogP contribution in [0.1, 0.15) is 52.7 Å². The number of amides is 4. The van der Waals surface area contributed by atoms with Gasteiger partial charge in [0.05, 0.1) is 0 Å². The molecular formula is C30H25F4N3O5. The van der Waals surface area contributed by atoms with Crippen LogP contribution < -0.4 is 11.1 Å². The quantitative estimate of drug-likeness (QED) is 0.383. The minimum absolute atomic E-state index is 0.165. The number of nitrogens with two attached hydrogens (primary N) is 1. The van der Waals surface area contributed by atoms with Crippen LogP contribution in [0.3, 0.4) is 0 Å². The molecule has 3 aromatic rings. The summed E-state index contributed by atoms with van der Waals surface area (Å²) in [4.78, 5) is 50.9. The van der Waals surface area contributed by atoms with Gasteiger partial charge < -0.3 is 15.4 Å². The van der Waals surface area contributed by atoms with Gasteiger partial charge in [0.1, 0.15) is 11.9 Å². The van der Waals surface area contributed by atoms with E-state index in [9.17, 15) is 36.7 Å². The summed E-state index contributed by atoms with van der Waals surface area (Å²) in [5.41, 5.74) is 6.14. The topological polar surface area (TPSA) is 119 Å². The zero-order valence-electron chi connectivity index (χ0n) is 22.2. The Morgan fingerprint density at radius 1 is 1.07 bits per heavy atom. The largest absolute Gasteiger partial charge is 0.427 e. The Balaban J connectivity index is 1.53. The normalized spacial score (nSPS) is 20.2. The zero-order chi connectivity index (χ0) is 30.4. The molecule has 2 aliphatic rings. The van der Waals surface area contributed by atoms with Gasteiger partial charge >= 0.3 is 12.3 Å². The van der Waals surface area contributed by atoms with Crippen molar-refractivity contribution in [2.45, 2.75) is 50.0 Å². The van der Waals surface area contributed by atoms with Gasteiger partial charge in [-0.2, -0.15) is 13.2 Å². The summed E-state index contributed by atoms with van der Waals surface area (Å²) in [6.07, 6.45) is -6.32. The fraction of sp³-hybridized carbons (Fsp3) is 0.267. The minimum Gasteiger partial charge on any atom is -0.427 e. The van der Waals surface area contributed by atoms with Crippen LogP contribution in [0.2, 0.25) is 0 Å². The number of nitrogens with one attached hydrogen (secondary N) is 1. The van der Waals surface area contributed by atoms with E-state index in [2.05, 4.69) is 5.32 Å². The number of hydrogen-bond donors (Lipinski definition) is 2. The number of primary amides is 1. The van der Waals surface area contributed by atoms with Crippen molar-refractivity contribution < 1.29 is 41.5 Å². The van der Waals surface area contributed by atoms with E-state index in [4.69, 9.17) is 10.5 Å². The maximum atomic E-state index is 13.8. The second-order valence-electron chi connectivity index (χ2n) is 10.4. The molecule has 1 unspecified atom stereocenters. The first-order valence-corrected chi connectivity index (χ1v) is 13.0. The van der Waals surface area contributed by atoms with Gasteiger partial charge in [-0.3, -0.25) is 19.7 Å². The number of imide groups is 1. The van der Waals surface area contributed by atoms with Crippen LogP contribution in [0.5, 0.6) is 0 Å². The van der Waals surface area contributed by atoms with Crippen LogP contribution in [0.25, 0.3) is 11.1 Å². The van der Waals surface area contributed by atoms with Crippen molar-refractivity contribution in [2.75, 3.05) is 0 Å². The smallest absolute Gasteiger partial charge is 0.415 e. The monoisotopic (exact) mass is 583 g/mol. The number of carbonyl (C=O) groups excluding carboxylic acids is 4. The highest BCUT2D eigenvalue weighted by atomic mass is 19.4. The molecule has 8 nitrogen and oxygen atoms in total. The third kappa shape index (κ3) is 5.31. The molecule has 0 aromatic heterocycles. The summed E-state index contributed by atoms with van der Waals surface area (Å²) in [6.45, 7) is 0.432. The maximum Gasteiger partial charge on any atom is 0.415 e. The summed E-state index contributed by atoms with van der Waals surface area (Å²) in [5, 5.41) is 2.10. The highest BCUT2D eigenvalue weighted by Crippen LogP contribution is 2.51. The fourth-order valence-corrected chi connectivity index (χ4v) is 5.52. The first-order valence-electron chi connectivity index (χ1n) is 13.0. The number of alkyl halides is 3. The van der Waals surface area contributed by atoms with E-state index in [0.29, 0.717) is 32.7 Å². The van der Waals surface area contributed by atoms with Crippen molar-refractivity contribution in [3.63, 3.8) is 0 Å². The Bertz CT molecular complexity index is 1590. The molecule has 1 heterocycles. The summed E-state index contributed by atoms with van der Waals surface area (Å²) in [7, 11) is 0. The highest BCUT2D eigenvalue weighted by Gasteiger charge is 2.57. The summed E-state index contributed by atoms with van der Waals surface area (Å²) < 4.78 is 60.4.